The summed E-state index contributed by atoms with van der Waals surface area (Å²) in [6.07, 6.45) is 1.01. The average molecular weight is 262 g/mol. The smallest absolute Gasteiger partial charge is 0.371 e. The molecule has 0 saturated carbocycles. The normalized spacial score (nSPS) is 21.8. The number of aliphatic carboxylic acids is 1. The summed E-state index contributed by atoms with van der Waals surface area (Å²) in [6, 6.07) is 6.84. The molecule has 1 atom stereocenters. The van der Waals surface area contributed by atoms with Crippen LogP contribution in [0.25, 0.3) is 0 Å². The van der Waals surface area contributed by atoms with Gasteiger partial charge in [-0.25, -0.2) is 4.79 Å². The molecule has 0 fully saturated rings. The Kier molecular flexibility index (Phi) is 3.29. The van der Waals surface area contributed by atoms with Crippen LogP contribution in [0.1, 0.15) is 19.4 Å². The maximum absolute atomic E-state index is 11.9. The zero-order valence-electron chi connectivity index (χ0n) is 10.7. The van der Waals surface area contributed by atoms with E-state index in [0.29, 0.717) is 17.9 Å². The fourth-order valence-corrected chi connectivity index (χ4v) is 1.90. The van der Waals surface area contributed by atoms with Gasteiger partial charge in [0.2, 0.25) is 11.5 Å². The summed E-state index contributed by atoms with van der Waals surface area (Å²) in [6.45, 7) is 3.98. The Morgan fingerprint density at radius 1 is 1.37 bits per heavy atom. The lowest BCUT2D eigenvalue weighted by atomic mass is 9.92. The van der Waals surface area contributed by atoms with Crippen molar-refractivity contribution in [2.24, 2.45) is 0 Å². The van der Waals surface area contributed by atoms with E-state index in [1.54, 1.807) is 31.2 Å². The molecule has 0 radical (unpaired) electrons. The largest absolute Gasteiger partial charge is 0.494 e. The van der Waals surface area contributed by atoms with E-state index in [9.17, 15) is 9.59 Å². The number of ether oxygens (including phenoxy) is 2. The van der Waals surface area contributed by atoms with Gasteiger partial charge in [-0.3, -0.25) is 4.79 Å². The summed E-state index contributed by atoms with van der Waals surface area (Å²) in [5, 5.41) is 8.86. The van der Waals surface area contributed by atoms with Gasteiger partial charge in [-0.05, 0) is 26.0 Å². The summed E-state index contributed by atoms with van der Waals surface area (Å²) >= 11 is 0. The third kappa shape index (κ3) is 2.31. The maximum Gasteiger partial charge on any atom is 0.371 e. The number of carboxylic acids is 1. The molecule has 1 heterocycles. The number of carbonyl (C=O) groups is 2. The number of hydrogen-bond donors (Lipinski definition) is 1. The van der Waals surface area contributed by atoms with Crippen LogP contribution in [0.3, 0.4) is 0 Å². The fourth-order valence-electron chi connectivity index (χ4n) is 1.90. The predicted molar refractivity (Wildman–Crippen MR) is 66.8 cm³/mol. The van der Waals surface area contributed by atoms with Crippen LogP contribution in [0.15, 0.2) is 36.1 Å². The minimum absolute atomic E-state index is 0.332. The molecule has 100 valence electrons. The maximum atomic E-state index is 11.9. The van der Waals surface area contributed by atoms with E-state index in [2.05, 4.69) is 0 Å². The van der Waals surface area contributed by atoms with Crippen molar-refractivity contribution in [2.75, 3.05) is 6.61 Å². The van der Waals surface area contributed by atoms with Crippen molar-refractivity contribution < 1.29 is 24.2 Å². The molecule has 2 rings (SSSR count). The third-order valence-corrected chi connectivity index (χ3v) is 2.97. The van der Waals surface area contributed by atoms with Crippen molar-refractivity contribution in [2.45, 2.75) is 19.4 Å². The molecule has 1 aliphatic heterocycles. The van der Waals surface area contributed by atoms with Crippen LogP contribution in [0, 0.1) is 0 Å². The number of rotatable bonds is 4. The first kappa shape index (κ1) is 13.1. The molecule has 1 aliphatic rings. The molecule has 0 amide bonds. The molecule has 0 spiro atoms. The molecule has 0 bridgehead atoms. The van der Waals surface area contributed by atoms with Gasteiger partial charge >= 0.3 is 5.97 Å². The Labute approximate surface area is 110 Å². The van der Waals surface area contributed by atoms with Gasteiger partial charge in [0, 0.05) is 11.6 Å². The lowest BCUT2D eigenvalue weighted by Gasteiger charge is -2.23. The second kappa shape index (κ2) is 4.76. The van der Waals surface area contributed by atoms with Gasteiger partial charge in [0.1, 0.15) is 5.75 Å². The van der Waals surface area contributed by atoms with Crippen LogP contribution in [0.2, 0.25) is 0 Å². The summed E-state index contributed by atoms with van der Waals surface area (Å²) in [5.74, 6) is -1.27. The molecule has 1 aromatic carbocycles. The lowest BCUT2D eigenvalue weighted by molar-refractivity contribution is -0.141. The van der Waals surface area contributed by atoms with Crippen LogP contribution in [-0.2, 0) is 19.9 Å². The Morgan fingerprint density at radius 2 is 2.00 bits per heavy atom. The minimum Gasteiger partial charge on any atom is -0.494 e. The Bertz CT molecular complexity index is 543. The second-order valence-electron chi connectivity index (χ2n) is 4.27. The number of carbonyl (C=O) groups excluding carboxylic acids is 1. The van der Waals surface area contributed by atoms with Crippen LogP contribution in [-0.4, -0.2) is 23.5 Å². The number of benzene rings is 1. The molecule has 1 unspecified atom stereocenters. The van der Waals surface area contributed by atoms with E-state index in [-0.39, 0.29) is 11.5 Å². The summed E-state index contributed by atoms with van der Waals surface area (Å²) in [7, 11) is 0. The highest BCUT2D eigenvalue weighted by atomic mass is 16.5. The van der Waals surface area contributed by atoms with E-state index >= 15 is 0 Å². The van der Waals surface area contributed by atoms with Crippen LogP contribution in [0.5, 0.6) is 5.75 Å². The van der Waals surface area contributed by atoms with E-state index in [1.165, 1.54) is 0 Å². The summed E-state index contributed by atoms with van der Waals surface area (Å²) in [4.78, 5) is 22.8. The molecule has 19 heavy (non-hydrogen) atoms. The first-order valence-electron chi connectivity index (χ1n) is 5.89. The average Bonchev–Trinajstić information content (AvgIpc) is 2.68. The number of ketones is 1. The van der Waals surface area contributed by atoms with Gasteiger partial charge in [-0.1, -0.05) is 12.1 Å². The van der Waals surface area contributed by atoms with E-state index in [0.717, 1.165) is 6.08 Å². The van der Waals surface area contributed by atoms with Crippen LogP contribution >= 0.6 is 0 Å². The minimum atomic E-state index is -1.28. The van der Waals surface area contributed by atoms with Crippen LogP contribution in [0.4, 0.5) is 0 Å². The highest BCUT2D eigenvalue weighted by Crippen LogP contribution is 2.35. The first-order valence-corrected chi connectivity index (χ1v) is 5.89. The van der Waals surface area contributed by atoms with Crippen molar-refractivity contribution in [3.8, 4) is 5.75 Å². The van der Waals surface area contributed by atoms with Gasteiger partial charge in [-0.15, -0.1) is 0 Å². The standard InChI is InChI=1S/C14H14O5/c1-3-18-10-6-4-9(5-7-10)14(2)12(15)8-11(19-14)13(16)17/h4-8H,3H2,1-2H3,(H,16,17). The number of carboxylic acid groups (broad SMARTS) is 1. The van der Waals surface area contributed by atoms with Gasteiger partial charge in [0.15, 0.2) is 5.60 Å². The van der Waals surface area contributed by atoms with Gasteiger partial charge < -0.3 is 14.6 Å². The molecule has 1 N–H and O–H groups in total. The molecule has 1 aromatic rings. The first-order chi connectivity index (χ1) is 8.97. The quantitative estimate of drug-likeness (QED) is 0.896. The molecule has 5 heteroatoms. The van der Waals surface area contributed by atoms with E-state index in [4.69, 9.17) is 14.6 Å². The molecule has 0 aliphatic carbocycles. The van der Waals surface area contributed by atoms with Crippen molar-refractivity contribution in [3.63, 3.8) is 0 Å². The van der Waals surface area contributed by atoms with Gasteiger partial charge in [0.25, 0.3) is 0 Å². The van der Waals surface area contributed by atoms with Crippen molar-refractivity contribution >= 4 is 11.8 Å². The lowest BCUT2D eigenvalue weighted by Crippen LogP contribution is -2.30. The monoisotopic (exact) mass is 262 g/mol. The van der Waals surface area contributed by atoms with Gasteiger partial charge in [-0.2, -0.15) is 0 Å². The zero-order chi connectivity index (χ0) is 14.0. The Morgan fingerprint density at radius 3 is 2.47 bits per heavy atom. The predicted octanol–water partition coefficient (Wildman–Crippen LogP) is 1.87. The van der Waals surface area contributed by atoms with Crippen molar-refractivity contribution in [1.29, 1.82) is 0 Å². The number of hydrogen-bond acceptors (Lipinski definition) is 4. The molecule has 5 nitrogen and oxygen atoms in total. The SMILES string of the molecule is CCOc1ccc(C2(C)OC(C(=O)O)=CC2=O)cc1. The molecular weight excluding hydrogens is 248 g/mol. The highest BCUT2D eigenvalue weighted by Gasteiger charge is 2.43. The van der Waals surface area contributed by atoms with Gasteiger partial charge in [0.05, 0.1) is 6.61 Å². The third-order valence-electron chi connectivity index (χ3n) is 2.97. The van der Waals surface area contributed by atoms with Crippen molar-refractivity contribution in [1.82, 2.24) is 0 Å². The van der Waals surface area contributed by atoms with E-state index < -0.39 is 11.6 Å². The Hall–Kier alpha value is -2.30. The summed E-state index contributed by atoms with van der Waals surface area (Å²) < 4.78 is 10.6. The Balaban J connectivity index is 2.27. The van der Waals surface area contributed by atoms with Crippen LogP contribution < -0.4 is 4.74 Å². The zero-order valence-corrected chi connectivity index (χ0v) is 10.7. The van der Waals surface area contributed by atoms with Crippen molar-refractivity contribution in [3.05, 3.63) is 41.7 Å². The molecule has 0 saturated heterocycles. The molecular formula is C14H14O5. The second-order valence-corrected chi connectivity index (χ2v) is 4.27. The highest BCUT2D eigenvalue weighted by molar-refractivity contribution is 6.05. The van der Waals surface area contributed by atoms with E-state index in [1.807, 2.05) is 6.92 Å². The molecule has 0 aromatic heterocycles. The topological polar surface area (TPSA) is 72.8 Å². The summed E-state index contributed by atoms with van der Waals surface area (Å²) in [5.41, 5.74) is -0.688. The fraction of sp³-hybridized carbons (Fsp3) is 0.286.